The Balaban J connectivity index is 1.51. The molecule has 2 heterocycles. The van der Waals surface area contributed by atoms with E-state index >= 15 is 0 Å². The van der Waals surface area contributed by atoms with Crippen molar-refractivity contribution in [1.29, 1.82) is 0 Å². The number of amides is 1. The first kappa shape index (κ1) is 16.1. The number of H-pyrrole nitrogens is 1. The first-order valence-corrected chi connectivity index (χ1v) is 9.18. The van der Waals surface area contributed by atoms with Crippen molar-refractivity contribution in [3.8, 4) is 0 Å². The largest absolute Gasteiger partial charge is 0.393 e. The minimum absolute atomic E-state index is 0.0509. The number of hydrogen-bond acceptors (Lipinski definition) is 4. The Labute approximate surface area is 148 Å². The van der Waals surface area contributed by atoms with Crippen molar-refractivity contribution >= 4 is 28.1 Å². The number of carbonyl (C=O) groups is 1. The summed E-state index contributed by atoms with van der Waals surface area (Å²) in [6.07, 6.45) is 1.10. The van der Waals surface area contributed by atoms with Gasteiger partial charge in [0, 0.05) is 4.88 Å². The smallest absolute Gasteiger partial charge is 0.274 e. The van der Waals surface area contributed by atoms with Gasteiger partial charge in [-0.3, -0.25) is 14.7 Å². The van der Waals surface area contributed by atoms with Crippen LogP contribution in [-0.2, 0) is 11.3 Å². The molecule has 0 spiro atoms. The number of rotatable bonds is 5. The maximum atomic E-state index is 12.5. The summed E-state index contributed by atoms with van der Waals surface area (Å²) < 4.78 is 1.33. The van der Waals surface area contributed by atoms with E-state index in [2.05, 4.69) is 10.4 Å². The molecule has 0 saturated heterocycles. The van der Waals surface area contributed by atoms with Crippen LogP contribution in [-0.4, -0.2) is 26.9 Å². The molecule has 25 heavy (non-hydrogen) atoms. The number of benzene rings is 1. The summed E-state index contributed by atoms with van der Waals surface area (Å²) in [6.45, 7) is -0.0509. The Morgan fingerprint density at radius 1 is 1.32 bits per heavy atom. The fourth-order valence-electron chi connectivity index (χ4n) is 3.37. The molecule has 1 atom stereocenters. The SMILES string of the molecule is O=C(Cn1[nH]c2ccccc2c1=O)N[C@@H](c1cccs1)C1CC(O)C1. The highest BCUT2D eigenvalue weighted by Gasteiger charge is 2.36. The number of aromatic nitrogens is 2. The van der Waals surface area contributed by atoms with Crippen molar-refractivity contribution in [2.75, 3.05) is 0 Å². The molecule has 6 nitrogen and oxygen atoms in total. The molecule has 1 aliphatic carbocycles. The van der Waals surface area contributed by atoms with Gasteiger partial charge < -0.3 is 10.4 Å². The molecule has 3 aromatic rings. The van der Waals surface area contributed by atoms with Gasteiger partial charge in [-0.1, -0.05) is 18.2 Å². The van der Waals surface area contributed by atoms with Gasteiger partial charge >= 0.3 is 0 Å². The molecule has 7 heteroatoms. The Hall–Kier alpha value is -2.38. The average molecular weight is 357 g/mol. The molecule has 1 saturated carbocycles. The number of nitrogens with one attached hydrogen (secondary N) is 2. The van der Waals surface area contributed by atoms with E-state index in [0.29, 0.717) is 18.2 Å². The van der Waals surface area contributed by atoms with Crippen LogP contribution in [0.1, 0.15) is 23.8 Å². The Bertz CT molecular complexity index is 938. The van der Waals surface area contributed by atoms with Crippen molar-refractivity contribution in [3.63, 3.8) is 0 Å². The van der Waals surface area contributed by atoms with Crippen molar-refractivity contribution in [3.05, 3.63) is 57.0 Å². The second-order valence-corrected chi connectivity index (χ2v) is 7.47. The summed E-state index contributed by atoms with van der Waals surface area (Å²) in [5.74, 6) is 0.0190. The number of aliphatic hydroxyl groups is 1. The molecule has 1 aliphatic rings. The summed E-state index contributed by atoms with van der Waals surface area (Å²) in [5.41, 5.74) is 0.523. The van der Waals surface area contributed by atoms with Crippen LogP contribution >= 0.6 is 11.3 Å². The fraction of sp³-hybridized carbons (Fsp3) is 0.333. The fourth-order valence-corrected chi connectivity index (χ4v) is 4.24. The van der Waals surface area contributed by atoms with Gasteiger partial charge in [-0.2, -0.15) is 0 Å². The summed E-state index contributed by atoms with van der Waals surface area (Å²) in [4.78, 5) is 25.9. The first-order chi connectivity index (χ1) is 12.1. The molecule has 1 aromatic carbocycles. The minimum atomic E-state index is -0.277. The second kappa shape index (κ2) is 6.50. The predicted molar refractivity (Wildman–Crippen MR) is 96.5 cm³/mol. The minimum Gasteiger partial charge on any atom is -0.393 e. The zero-order chi connectivity index (χ0) is 17.4. The van der Waals surface area contributed by atoms with E-state index in [1.54, 1.807) is 23.5 Å². The highest BCUT2D eigenvalue weighted by Crippen LogP contribution is 2.39. The molecule has 4 rings (SSSR count). The molecule has 1 amide bonds. The summed E-state index contributed by atoms with van der Waals surface area (Å²) >= 11 is 1.59. The Kier molecular flexibility index (Phi) is 4.19. The van der Waals surface area contributed by atoms with Gasteiger partial charge in [-0.15, -0.1) is 11.3 Å². The van der Waals surface area contributed by atoms with Crippen LogP contribution in [0.15, 0.2) is 46.6 Å². The maximum Gasteiger partial charge on any atom is 0.274 e. The van der Waals surface area contributed by atoms with Crippen molar-refractivity contribution in [2.24, 2.45) is 5.92 Å². The lowest BCUT2D eigenvalue weighted by Crippen LogP contribution is -2.42. The van der Waals surface area contributed by atoms with Gasteiger partial charge in [0.15, 0.2) is 0 Å². The van der Waals surface area contributed by atoms with E-state index in [-0.39, 0.29) is 36.1 Å². The monoisotopic (exact) mass is 357 g/mol. The maximum absolute atomic E-state index is 12.5. The van der Waals surface area contributed by atoms with Crippen molar-refractivity contribution < 1.29 is 9.90 Å². The molecule has 130 valence electrons. The molecule has 1 fully saturated rings. The van der Waals surface area contributed by atoms with Gasteiger partial charge in [0.25, 0.3) is 5.56 Å². The Morgan fingerprint density at radius 2 is 2.12 bits per heavy atom. The van der Waals surface area contributed by atoms with E-state index in [9.17, 15) is 14.7 Å². The third-order valence-corrected chi connectivity index (χ3v) is 5.70. The summed E-state index contributed by atoms with van der Waals surface area (Å²) in [6, 6.07) is 11.0. The third-order valence-electron chi connectivity index (χ3n) is 4.75. The van der Waals surface area contributed by atoms with Crippen LogP contribution in [0.3, 0.4) is 0 Å². The normalized spacial score (nSPS) is 21.0. The molecular formula is C18H19N3O3S. The zero-order valence-corrected chi connectivity index (χ0v) is 14.3. The standard InChI is InChI=1S/C18H19N3O3S/c22-12-8-11(9-12)17(15-6-3-7-25-15)19-16(23)10-21-18(24)13-4-1-2-5-14(13)20-21/h1-7,11-12,17,20,22H,8-10H2,(H,19,23)/t11?,12?,17-/m1/s1. The van der Waals surface area contributed by atoms with Crippen LogP contribution < -0.4 is 10.9 Å². The van der Waals surface area contributed by atoms with Crippen LogP contribution in [0.4, 0.5) is 0 Å². The van der Waals surface area contributed by atoms with E-state index < -0.39 is 0 Å². The van der Waals surface area contributed by atoms with Gasteiger partial charge in [-0.05, 0) is 42.3 Å². The molecule has 3 N–H and O–H groups in total. The molecular weight excluding hydrogens is 338 g/mol. The van der Waals surface area contributed by atoms with E-state index in [1.807, 2.05) is 29.6 Å². The van der Waals surface area contributed by atoms with Crippen molar-refractivity contribution in [1.82, 2.24) is 15.1 Å². The van der Waals surface area contributed by atoms with Crippen LogP contribution in [0.25, 0.3) is 10.9 Å². The van der Waals surface area contributed by atoms with Crippen LogP contribution in [0.2, 0.25) is 0 Å². The first-order valence-electron chi connectivity index (χ1n) is 8.30. The number of thiophene rings is 1. The number of fused-ring (bicyclic) bond motifs is 1. The molecule has 0 unspecified atom stereocenters. The Morgan fingerprint density at radius 3 is 2.80 bits per heavy atom. The summed E-state index contributed by atoms with van der Waals surface area (Å²) in [5, 5.41) is 18.2. The van der Waals surface area contributed by atoms with Gasteiger partial charge in [-0.25, -0.2) is 4.68 Å². The van der Waals surface area contributed by atoms with Crippen molar-refractivity contribution in [2.45, 2.75) is 31.5 Å². The number of para-hydroxylation sites is 1. The highest BCUT2D eigenvalue weighted by molar-refractivity contribution is 7.10. The molecule has 0 radical (unpaired) electrons. The molecule has 2 aromatic heterocycles. The highest BCUT2D eigenvalue weighted by atomic mass is 32.1. The van der Waals surface area contributed by atoms with Gasteiger partial charge in [0.2, 0.25) is 5.91 Å². The third kappa shape index (κ3) is 3.12. The zero-order valence-electron chi connectivity index (χ0n) is 13.5. The second-order valence-electron chi connectivity index (χ2n) is 6.49. The number of aliphatic hydroxyl groups excluding tert-OH is 1. The predicted octanol–water partition coefficient (Wildman–Crippen LogP) is 2.02. The lowest BCUT2D eigenvalue weighted by Gasteiger charge is -2.37. The molecule has 0 bridgehead atoms. The topological polar surface area (TPSA) is 87.1 Å². The van der Waals surface area contributed by atoms with Gasteiger partial charge in [0.05, 0.1) is 23.0 Å². The molecule has 0 aliphatic heterocycles. The number of carbonyl (C=O) groups excluding carboxylic acids is 1. The van der Waals surface area contributed by atoms with Gasteiger partial charge in [0.1, 0.15) is 6.54 Å². The van der Waals surface area contributed by atoms with E-state index in [0.717, 1.165) is 10.4 Å². The van der Waals surface area contributed by atoms with E-state index in [1.165, 1.54) is 4.68 Å². The number of hydrogen-bond donors (Lipinski definition) is 3. The lowest BCUT2D eigenvalue weighted by molar-refractivity contribution is -0.123. The number of nitrogens with zero attached hydrogens (tertiary/aromatic N) is 1. The van der Waals surface area contributed by atoms with Crippen LogP contribution in [0, 0.1) is 5.92 Å². The lowest BCUT2D eigenvalue weighted by atomic mass is 9.77. The van der Waals surface area contributed by atoms with E-state index in [4.69, 9.17) is 0 Å². The van der Waals surface area contributed by atoms with Crippen LogP contribution in [0.5, 0.6) is 0 Å². The number of aromatic amines is 1. The quantitative estimate of drug-likeness (QED) is 0.653. The summed E-state index contributed by atoms with van der Waals surface area (Å²) in [7, 11) is 0. The average Bonchev–Trinajstić information content (AvgIpc) is 3.20.